The normalized spacial score (nSPS) is 13.3. The van der Waals surface area contributed by atoms with Gasteiger partial charge in [0, 0.05) is 11.6 Å². The van der Waals surface area contributed by atoms with Gasteiger partial charge in [-0.25, -0.2) is 0 Å². The predicted octanol–water partition coefficient (Wildman–Crippen LogP) is -0.0570. The average molecular weight is 187 g/mol. The van der Waals surface area contributed by atoms with Crippen LogP contribution in [-0.4, -0.2) is 38.0 Å². The summed E-state index contributed by atoms with van der Waals surface area (Å²) in [6, 6.07) is -0.0995. The molecule has 4 nitrogen and oxygen atoms in total. The van der Waals surface area contributed by atoms with Crippen molar-refractivity contribution >= 4 is 5.91 Å². The topological polar surface area (TPSA) is 72.3 Å². The molecule has 0 aliphatic heterocycles. The molecule has 0 saturated heterocycles. The van der Waals surface area contributed by atoms with E-state index in [2.05, 4.69) is 0 Å². The Bertz CT molecular complexity index is 171. The van der Waals surface area contributed by atoms with E-state index < -0.39 is 5.91 Å². The molecule has 0 fully saturated rings. The maximum atomic E-state index is 10.3. The first-order valence-electron chi connectivity index (χ1n) is 4.12. The number of primary amides is 1. The van der Waals surface area contributed by atoms with Crippen molar-refractivity contribution in [3.63, 3.8) is 0 Å². The smallest absolute Gasteiger partial charge is 0.244 e. The molecule has 0 aliphatic carbocycles. The third kappa shape index (κ3) is 18.2. The lowest BCUT2D eigenvalue weighted by atomic mass is 10.2. The molecular weight excluding hydrogens is 166 g/mol. The first-order chi connectivity index (χ1) is 5.77. The number of nitrogens with two attached hydrogens (primary N) is 2. The van der Waals surface area contributed by atoms with Crippen molar-refractivity contribution in [2.24, 2.45) is 11.5 Å². The van der Waals surface area contributed by atoms with Gasteiger partial charge in [0.25, 0.3) is 0 Å². The van der Waals surface area contributed by atoms with Gasteiger partial charge in [-0.05, 0) is 35.0 Å². The number of hydrogen-bond acceptors (Lipinski definition) is 3. The Labute approximate surface area is 80.6 Å². The molecule has 13 heavy (non-hydrogen) atoms. The van der Waals surface area contributed by atoms with Crippen LogP contribution in [-0.2, 0) is 4.79 Å². The van der Waals surface area contributed by atoms with Gasteiger partial charge in [-0.1, -0.05) is 6.08 Å². The van der Waals surface area contributed by atoms with E-state index in [1.165, 1.54) is 0 Å². The van der Waals surface area contributed by atoms with E-state index in [4.69, 9.17) is 11.5 Å². The van der Waals surface area contributed by atoms with Gasteiger partial charge < -0.3 is 16.4 Å². The highest BCUT2D eigenvalue weighted by Crippen LogP contribution is 1.91. The van der Waals surface area contributed by atoms with Crippen LogP contribution in [0.4, 0.5) is 0 Å². The minimum Gasteiger partial charge on any atom is -0.366 e. The summed E-state index contributed by atoms with van der Waals surface area (Å²) in [5.74, 6) is -0.410. The van der Waals surface area contributed by atoms with Crippen molar-refractivity contribution in [3.8, 4) is 0 Å². The van der Waals surface area contributed by atoms with Crippen LogP contribution < -0.4 is 11.5 Å². The standard InChI is InChI=1S/C6H12N2O.C3H9N/c1-4(6(8)9)3-5(2)7;1-4(2)3/h3,5H,7H2,1-2H3,(H2,8,9);1-3H3. The molecule has 0 aromatic rings. The van der Waals surface area contributed by atoms with Crippen LogP contribution in [0.2, 0.25) is 0 Å². The summed E-state index contributed by atoms with van der Waals surface area (Å²) in [6.45, 7) is 3.43. The van der Waals surface area contributed by atoms with Crippen LogP contribution in [0.5, 0.6) is 0 Å². The molecule has 0 spiro atoms. The van der Waals surface area contributed by atoms with Gasteiger partial charge in [-0.3, -0.25) is 4.79 Å². The Morgan fingerprint density at radius 2 is 1.69 bits per heavy atom. The van der Waals surface area contributed by atoms with Gasteiger partial charge in [-0.2, -0.15) is 0 Å². The molecule has 0 heterocycles. The van der Waals surface area contributed by atoms with Gasteiger partial charge in [0.15, 0.2) is 0 Å². The second kappa shape index (κ2) is 7.76. The van der Waals surface area contributed by atoms with Crippen LogP contribution in [0.3, 0.4) is 0 Å². The zero-order valence-electron chi connectivity index (χ0n) is 9.16. The fourth-order valence-corrected chi connectivity index (χ4v) is 0.476. The summed E-state index contributed by atoms with van der Waals surface area (Å²) in [5, 5.41) is 0. The van der Waals surface area contributed by atoms with Crippen molar-refractivity contribution in [2.75, 3.05) is 21.1 Å². The molecule has 1 amide bonds. The number of amides is 1. The molecular formula is C9H21N3O. The Kier molecular flexibility index (Phi) is 8.74. The Morgan fingerprint density at radius 1 is 1.38 bits per heavy atom. The molecule has 1 atom stereocenters. The lowest BCUT2D eigenvalue weighted by molar-refractivity contribution is -0.114. The van der Waals surface area contributed by atoms with Gasteiger partial charge in [0.05, 0.1) is 0 Å². The van der Waals surface area contributed by atoms with E-state index in [0.717, 1.165) is 0 Å². The highest BCUT2D eigenvalue weighted by molar-refractivity contribution is 5.91. The van der Waals surface area contributed by atoms with E-state index in [9.17, 15) is 4.79 Å². The molecule has 0 saturated carbocycles. The highest BCUT2D eigenvalue weighted by Gasteiger charge is 1.96. The average Bonchev–Trinajstić information content (AvgIpc) is 1.83. The van der Waals surface area contributed by atoms with Crippen molar-refractivity contribution in [1.82, 2.24) is 4.90 Å². The summed E-state index contributed by atoms with van der Waals surface area (Å²) in [6.07, 6.45) is 1.63. The van der Waals surface area contributed by atoms with E-state index in [-0.39, 0.29) is 6.04 Å². The van der Waals surface area contributed by atoms with Crippen LogP contribution >= 0.6 is 0 Å². The lowest BCUT2D eigenvalue weighted by Crippen LogP contribution is -2.17. The molecule has 0 radical (unpaired) electrons. The van der Waals surface area contributed by atoms with Crippen LogP contribution in [0.15, 0.2) is 11.6 Å². The van der Waals surface area contributed by atoms with E-state index in [0.29, 0.717) is 5.57 Å². The molecule has 78 valence electrons. The third-order valence-corrected chi connectivity index (χ3v) is 0.902. The van der Waals surface area contributed by atoms with Crippen LogP contribution in [0.1, 0.15) is 13.8 Å². The summed E-state index contributed by atoms with van der Waals surface area (Å²) in [5.41, 5.74) is 10.8. The number of carbonyl (C=O) groups excluding carboxylic acids is 1. The van der Waals surface area contributed by atoms with E-state index in [1.54, 1.807) is 19.9 Å². The van der Waals surface area contributed by atoms with Crippen LogP contribution in [0, 0.1) is 0 Å². The zero-order chi connectivity index (χ0) is 11.0. The maximum Gasteiger partial charge on any atom is 0.244 e. The maximum absolute atomic E-state index is 10.3. The second-order valence-corrected chi connectivity index (χ2v) is 3.41. The predicted molar refractivity (Wildman–Crippen MR) is 56.2 cm³/mol. The SMILES string of the molecule is CC(=CC(C)N)C(N)=O.CN(C)C. The van der Waals surface area contributed by atoms with E-state index in [1.807, 2.05) is 26.0 Å². The van der Waals surface area contributed by atoms with Crippen molar-refractivity contribution < 1.29 is 4.79 Å². The molecule has 0 aliphatic rings. The van der Waals surface area contributed by atoms with Gasteiger partial charge >= 0.3 is 0 Å². The minimum atomic E-state index is -0.410. The second-order valence-electron chi connectivity index (χ2n) is 3.41. The molecule has 0 rings (SSSR count). The summed E-state index contributed by atoms with van der Waals surface area (Å²) in [4.78, 5) is 12.3. The fourth-order valence-electron chi connectivity index (χ4n) is 0.476. The fraction of sp³-hybridized carbons (Fsp3) is 0.667. The molecule has 0 aromatic carbocycles. The van der Waals surface area contributed by atoms with Gasteiger partial charge in [0.1, 0.15) is 0 Å². The van der Waals surface area contributed by atoms with Crippen LogP contribution in [0.25, 0.3) is 0 Å². The number of nitrogens with zero attached hydrogens (tertiary/aromatic N) is 1. The number of hydrogen-bond donors (Lipinski definition) is 2. The number of rotatable bonds is 2. The first-order valence-corrected chi connectivity index (χ1v) is 4.12. The summed E-state index contributed by atoms with van der Waals surface area (Å²) in [7, 11) is 6.00. The Hall–Kier alpha value is -0.870. The van der Waals surface area contributed by atoms with Crippen molar-refractivity contribution in [3.05, 3.63) is 11.6 Å². The Morgan fingerprint density at radius 3 is 1.77 bits per heavy atom. The van der Waals surface area contributed by atoms with Crippen molar-refractivity contribution in [2.45, 2.75) is 19.9 Å². The molecule has 4 heteroatoms. The highest BCUT2D eigenvalue weighted by atomic mass is 16.1. The monoisotopic (exact) mass is 187 g/mol. The quantitative estimate of drug-likeness (QED) is 0.595. The number of carbonyl (C=O) groups is 1. The summed E-state index contributed by atoms with van der Waals surface area (Å²) >= 11 is 0. The third-order valence-electron chi connectivity index (χ3n) is 0.902. The van der Waals surface area contributed by atoms with Gasteiger partial charge in [0.2, 0.25) is 5.91 Å². The minimum absolute atomic E-state index is 0.0995. The largest absolute Gasteiger partial charge is 0.366 e. The lowest BCUT2D eigenvalue weighted by Gasteiger charge is -1.96. The zero-order valence-corrected chi connectivity index (χ0v) is 9.16. The van der Waals surface area contributed by atoms with Crippen molar-refractivity contribution in [1.29, 1.82) is 0 Å². The molecule has 4 N–H and O–H groups in total. The van der Waals surface area contributed by atoms with Gasteiger partial charge in [-0.15, -0.1) is 0 Å². The molecule has 1 unspecified atom stereocenters. The summed E-state index contributed by atoms with van der Waals surface area (Å²) < 4.78 is 0. The Balaban J connectivity index is 0. The van der Waals surface area contributed by atoms with E-state index >= 15 is 0 Å². The first kappa shape index (κ1) is 14.6. The molecule has 0 aromatic heterocycles. The molecule has 0 bridgehead atoms.